The van der Waals surface area contributed by atoms with E-state index in [0.717, 1.165) is 18.3 Å². The van der Waals surface area contributed by atoms with Gasteiger partial charge in [-0.15, -0.1) is 0 Å². The summed E-state index contributed by atoms with van der Waals surface area (Å²) >= 11 is 0. The van der Waals surface area contributed by atoms with Crippen LogP contribution in [0.2, 0.25) is 0 Å². The van der Waals surface area contributed by atoms with E-state index in [-0.39, 0.29) is 11.5 Å². The van der Waals surface area contributed by atoms with Crippen LogP contribution in [0.5, 0.6) is 0 Å². The number of aliphatic hydroxyl groups is 1. The summed E-state index contributed by atoms with van der Waals surface area (Å²) in [6.07, 6.45) is 8.25. The van der Waals surface area contributed by atoms with Gasteiger partial charge in [0.05, 0.1) is 6.10 Å². The van der Waals surface area contributed by atoms with Gasteiger partial charge in [-0.1, -0.05) is 26.0 Å². The topological polar surface area (TPSA) is 20.2 Å². The van der Waals surface area contributed by atoms with E-state index < -0.39 is 0 Å². The fourth-order valence-electron chi connectivity index (χ4n) is 4.33. The molecule has 0 aliphatic heterocycles. The second-order valence-electron chi connectivity index (χ2n) is 5.58. The maximum Gasteiger partial charge on any atom is 0.0607 e. The number of rotatable bonds is 0. The number of allylic oxidation sites excluding steroid dienone is 2. The first-order valence-electron chi connectivity index (χ1n) is 5.45. The zero-order valence-electron chi connectivity index (χ0n) is 8.46. The first kappa shape index (κ1) is 8.05. The highest BCUT2D eigenvalue weighted by atomic mass is 16.3. The van der Waals surface area contributed by atoms with Crippen molar-refractivity contribution in [3.8, 4) is 0 Å². The number of aliphatic hydroxyl groups excluding tert-OH is 1. The standard InChI is InChI=1S/C12H18O/c1-11-5-3-4-8-6-9(11)7-10(13)12(8,11)2/h3,5,8-10,13H,4,6-7H2,1-2H3/t8-,9+,10+,11-,12-/m0/s1. The highest BCUT2D eigenvalue weighted by molar-refractivity contribution is 5.26. The lowest BCUT2D eigenvalue weighted by Gasteiger charge is -2.44. The summed E-state index contributed by atoms with van der Waals surface area (Å²) in [5.41, 5.74) is 0.488. The maximum absolute atomic E-state index is 10.1. The quantitative estimate of drug-likeness (QED) is 0.565. The first-order valence-corrected chi connectivity index (χ1v) is 5.45. The molecule has 0 radical (unpaired) electrons. The summed E-state index contributed by atoms with van der Waals surface area (Å²) in [6.45, 7) is 4.66. The summed E-state index contributed by atoms with van der Waals surface area (Å²) in [5, 5.41) is 10.1. The molecular weight excluding hydrogens is 160 g/mol. The Morgan fingerprint density at radius 2 is 2.00 bits per heavy atom. The predicted molar refractivity (Wildman–Crippen MR) is 52.2 cm³/mol. The molecule has 3 rings (SSSR count). The van der Waals surface area contributed by atoms with Crippen molar-refractivity contribution in [1.29, 1.82) is 0 Å². The van der Waals surface area contributed by atoms with E-state index in [0.29, 0.717) is 5.41 Å². The van der Waals surface area contributed by atoms with Gasteiger partial charge < -0.3 is 5.11 Å². The van der Waals surface area contributed by atoms with Crippen molar-refractivity contribution in [3.05, 3.63) is 12.2 Å². The molecule has 1 nitrogen and oxygen atoms in total. The highest BCUT2D eigenvalue weighted by Gasteiger charge is 2.67. The van der Waals surface area contributed by atoms with E-state index in [1.54, 1.807) is 0 Å². The third kappa shape index (κ3) is 0.633. The molecule has 0 heterocycles. The lowest BCUT2D eigenvalue weighted by atomic mass is 9.61. The average Bonchev–Trinajstić information content (AvgIpc) is 2.36. The van der Waals surface area contributed by atoms with Gasteiger partial charge in [0.1, 0.15) is 0 Å². The monoisotopic (exact) mass is 178 g/mol. The average molecular weight is 178 g/mol. The molecule has 3 aliphatic rings. The highest BCUT2D eigenvalue weighted by Crippen LogP contribution is 2.71. The zero-order valence-corrected chi connectivity index (χ0v) is 8.46. The van der Waals surface area contributed by atoms with E-state index in [1.165, 1.54) is 12.8 Å². The van der Waals surface area contributed by atoms with Crippen molar-refractivity contribution in [2.24, 2.45) is 22.7 Å². The molecule has 3 aliphatic carbocycles. The molecule has 72 valence electrons. The normalized spacial score (nSPS) is 63.2. The molecule has 0 amide bonds. The van der Waals surface area contributed by atoms with E-state index in [9.17, 15) is 5.11 Å². The molecule has 0 aromatic rings. The minimum atomic E-state index is -0.0498. The minimum Gasteiger partial charge on any atom is -0.393 e. The van der Waals surface area contributed by atoms with Gasteiger partial charge >= 0.3 is 0 Å². The summed E-state index contributed by atoms with van der Waals surface area (Å²) in [6, 6.07) is 0. The Hall–Kier alpha value is -0.300. The summed E-state index contributed by atoms with van der Waals surface area (Å²) in [5.74, 6) is 1.49. The molecule has 0 spiro atoms. The fourth-order valence-corrected chi connectivity index (χ4v) is 4.33. The van der Waals surface area contributed by atoms with Crippen LogP contribution < -0.4 is 0 Å². The summed E-state index contributed by atoms with van der Waals surface area (Å²) in [4.78, 5) is 0. The lowest BCUT2D eigenvalue weighted by molar-refractivity contribution is -0.0206. The Balaban J connectivity index is 2.19. The van der Waals surface area contributed by atoms with Gasteiger partial charge in [-0.05, 0) is 36.5 Å². The zero-order chi connectivity index (χ0) is 9.27. The van der Waals surface area contributed by atoms with Crippen LogP contribution in [0.3, 0.4) is 0 Å². The van der Waals surface area contributed by atoms with Crippen LogP contribution in [0, 0.1) is 22.7 Å². The molecule has 1 N–H and O–H groups in total. The largest absolute Gasteiger partial charge is 0.393 e. The van der Waals surface area contributed by atoms with Gasteiger partial charge in [0.25, 0.3) is 0 Å². The van der Waals surface area contributed by atoms with Gasteiger partial charge in [-0.25, -0.2) is 0 Å². The van der Waals surface area contributed by atoms with Crippen LogP contribution in [0.15, 0.2) is 12.2 Å². The number of hydrogen-bond acceptors (Lipinski definition) is 1. The smallest absolute Gasteiger partial charge is 0.0607 e. The summed E-state index contributed by atoms with van der Waals surface area (Å²) in [7, 11) is 0. The molecule has 5 atom stereocenters. The lowest BCUT2D eigenvalue weighted by Crippen LogP contribution is -2.43. The van der Waals surface area contributed by atoms with Crippen molar-refractivity contribution < 1.29 is 5.11 Å². The van der Waals surface area contributed by atoms with Gasteiger partial charge in [0.15, 0.2) is 0 Å². The molecule has 1 heteroatoms. The third-order valence-corrected chi connectivity index (χ3v) is 5.51. The predicted octanol–water partition coefficient (Wildman–Crippen LogP) is 2.36. The van der Waals surface area contributed by atoms with Crippen LogP contribution in [-0.4, -0.2) is 11.2 Å². The second kappa shape index (κ2) is 2.03. The second-order valence-corrected chi connectivity index (χ2v) is 5.58. The van der Waals surface area contributed by atoms with Crippen LogP contribution in [0.25, 0.3) is 0 Å². The number of hydrogen-bond donors (Lipinski definition) is 1. The first-order chi connectivity index (χ1) is 6.09. The Kier molecular flexibility index (Phi) is 1.26. The van der Waals surface area contributed by atoms with E-state index in [4.69, 9.17) is 0 Å². The molecular formula is C12H18O. The Morgan fingerprint density at radius 3 is 2.62 bits per heavy atom. The van der Waals surface area contributed by atoms with Crippen molar-refractivity contribution >= 4 is 0 Å². The maximum atomic E-state index is 10.1. The van der Waals surface area contributed by atoms with Gasteiger partial charge in [-0.2, -0.15) is 0 Å². The van der Waals surface area contributed by atoms with Crippen molar-refractivity contribution in [2.45, 2.75) is 39.2 Å². The molecule has 4 bridgehead atoms. The van der Waals surface area contributed by atoms with Crippen molar-refractivity contribution in [2.75, 3.05) is 0 Å². The molecule has 2 fully saturated rings. The molecule has 0 saturated heterocycles. The molecule has 0 aromatic carbocycles. The SMILES string of the molecule is C[C@@]12[C@H]3CC=C[C@@]1(C)[C@H](C3)C[C@H]2O. The van der Waals surface area contributed by atoms with Crippen LogP contribution >= 0.6 is 0 Å². The van der Waals surface area contributed by atoms with Gasteiger partial charge in [0, 0.05) is 5.41 Å². The molecule has 0 unspecified atom stereocenters. The Bertz CT molecular complexity index is 283. The third-order valence-electron chi connectivity index (χ3n) is 5.51. The summed E-state index contributed by atoms with van der Waals surface area (Å²) < 4.78 is 0. The molecule has 13 heavy (non-hydrogen) atoms. The molecule has 2 saturated carbocycles. The van der Waals surface area contributed by atoms with Crippen LogP contribution in [-0.2, 0) is 0 Å². The van der Waals surface area contributed by atoms with Crippen molar-refractivity contribution in [1.82, 2.24) is 0 Å². The molecule has 0 aromatic heterocycles. The van der Waals surface area contributed by atoms with Gasteiger partial charge in [0.2, 0.25) is 0 Å². The Labute approximate surface area is 79.8 Å². The van der Waals surface area contributed by atoms with E-state index >= 15 is 0 Å². The minimum absolute atomic E-state index is 0.0498. The van der Waals surface area contributed by atoms with Crippen LogP contribution in [0.4, 0.5) is 0 Å². The van der Waals surface area contributed by atoms with E-state index in [1.807, 2.05) is 0 Å². The van der Waals surface area contributed by atoms with Crippen LogP contribution in [0.1, 0.15) is 33.1 Å². The van der Waals surface area contributed by atoms with E-state index in [2.05, 4.69) is 26.0 Å². The Morgan fingerprint density at radius 1 is 1.23 bits per heavy atom. The fraction of sp³-hybridized carbons (Fsp3) is 0.833. The van der Waals surface area contributed by atoms with Crippen molar-refractivity contribution in [3.63, 3.8) is 0 Å². The van der Waals surface area contributed by atoms with Gasteiger partial charge in [-0.3, -0.25) is 0 Å².